The molecule has 0 fully saturated rings. The van der Waals surface area contributed by atoms with E-state index in [1.165, 1.54) is 0 Å². The first-order valence-corrected chi connectivity index (χ1v) is 5.51. The zero-order chi connectivity index (χ0) is 12.4. The predicted octanol–water partition coefficient (Wildman–Crippen LogP) is -6.57. The minimum Gasteiger partial charge on any atom is -0.544 e. The highest BCUT2D eigenvalue weighted by atomic mass is 16.4. The minimum absolute atomic E-state index is 0.248. The van der Waals surface area contributed by atoms with Crippen LogP contribution in [0.4, 0.5) is 0 Å². The SMILES string of the molecule is NC(N)=[NH+]CCCC[NH2+]CC[C@H]([NH3+])C(=O)[O-]. The normalized spacial score (nSPS) is 12.1. The average Bonchev–Trinajstić information content (AvgIpc) is 2.21. The van der Waals surface area contributed by atoms with Crippen LogP contribution in [-0.4, -0.2) is 37.6 Å². The number of guanidine groups is 1. The van der Waals surface area contributed by atoms with E-state index in [-0.39, 0.29) is 5.96 Å². The summed E-state index contributed by atoms with van der Waals surface area (Å²) in [5.41, 5.74) is 13.9. The van der Waals surface area contributed by atoms with Gasteiger partial charge in [-0.05, 0) is 12.8 Å². The summed E-state index contributed by atoms with van der Waals surface area (Å²) < 4.78 is 0. The summed E-state index contributed by atoms with van der Waals surface area (Å²) in [6, 6.07) is -0.607. The number of carboxylic acid groups (broad SMARTS) is 1. The number of hydrogen-bond donors (Lipinski definition) is 5. The first kappa shape index (κ1) is 14.7. The Morgan fingerprint density at radius 2 is 2.06 bits per heavy atom. The fraction of sp³-hybridized carbons (Fsp3) is 0.778. The van der Waals surface area contributed by atoms with Crippen molar-refractivity contribution in [3.05, 3.63) is 0 Å². The van der Waals surface area contributed by atoms with Gasteiger partial charge in [0.05, 0.1) is 32.0 Å². The predicted molar refractivity (Wildman–Crippen MR) is 56.4 cm³/mol. The molecule has 0 unspecified atom stereocenters. The molecule has 0 aromatic heterocycles. The fourth-order valence-corrected chi connectivity index (χ4v) is 1.23. The Morgan fingerprint density at radius 1 is 1.38 bits per heavy atom. The van der Waals surface area contributed by atoms with E-state index in [1.54, 1.807) is 0 Å². The highest BCUT2D eigenvalue weighted by molar-refractivity contribution is 5.69. The Hall–Kier alpha value is -1.34. The van der Waals surface area contributed by atoms with E-state index in [0.29, 0.717) is 6.42 Å². The molecule has 0 saturated heterocycles. The Balaban J connectivity index is 3.22. The molecular formula is C9H23N5O2+2. The molecule has 7 nitrogen and oxygen atoms in total. The molecule has 0 aliphatic heterocycles. The van der Waals surface area contributed by atoms with Crippen molar-refractivity contribution in [2.45, 2.75) is 25.3 Å². The molecule has 0 saturated carbocycles. The minimum atomic E-state index is -1.08. The lowest BCUT2D eigenvalue weighted by atomic mass is 10.2. The number of nitrogens with two attached hydrogens (primary N) is 3. The maximum Gasteiger partial charge on any atom is 0.338 e. The van der Waals surface area contributed by atoms with Crippen LogP contribution in [0.15, 0.2) is 0 Å². The lowest BCUT2D eigenvalue weighted by Crippen LogP contribution is -2.86. The molecule has 10 N–H and O–H groups in total. The summed E-state index contributed by atoms with van der Waals surface area (Å²) in [5, 5.41) is 12.4. The summed E-state index contributed by atoms with van der Waals surface area (Å²) in [6.07, 6.45) is 2.57. The summed E-state index contributed by atoms with van der Waals surface area (Å²) in [6.45, 7) is 2.50. The molecule has 0 rings (SSSR count). The molecule has 16 heavy (non-hydrogen) atoms. The van der Waals surface area contributed by atoms with Gasteiger partial charge < -0.3 is 21.0 Å². The van der Waals surface area contributed by atoms with E-state index < -0.39 is 12.0 Å². The van der Waals surface area contributed by atoms with Gasteiger partial charge in [0.1, 0.15) is 6.04 Å². The van der Waals surface area contributed by atoms with Crippen molar-refractivity contribution in [3.8, 4) is 0 Å². The summed E-state index contributed by atoms with van der Waals surface area (Å²) in [5.74, 6) is -0.829. The molecule has 0 aromatic carbocycles. The lowest BCUT2D eigenvalue weighted by molar-refractivity contribution is -0.659. The number of carbonyl (C=O) groups is 1. The topological polar surface area (TPSA) is 150 Å². The first-order chi connectivity index (χ1) is 7.54. The van der Waals surface area contributed by atoms with Crippen LogP contribution in [0.25, 0.3) is 0 Å². The van der Waals surface area contributed by atoms with Crippen molar-refractivity contribution >= 4 is 11.9 Å². The van der Waals surface area contributed by atoms with E-state index in [0.717, 1.165) is 32.5 Å². The second-order valence-corrected chi connectivity index (χ2v) is 3.76. The van der Waals surface area contributed by atoms with E-state index in [4.69, 9.17) is 11.5 Å². The molecule has 0 aliphatic rings. The first-order valence-electron chi connectivity index (χ1n) is 5.51. The monoisotopic (exact) mass is 233 g/mol. The number of hydrogen-bond acceptors (Lipinski definition) is 2. The van der Waals surface area contributed by atoms with Gasteiger partial charge in [0.2, 0.25) is 0 Å². The molecular weight excluding hydrogens is 210 g/mol. The van der Waals surface area contributed by atoms with Gasteiger partial charge in [-0.15, -0.1) is 0 Å². The van der Waals surface area contributed by atoms with E-state index in [1.807, 2.05) is 0 Å². The molecule has 0 bridgehead atoms. The van der Waals surface area contributed by atoms with E-state index in [2.05, 4.69) is 16.0 Å². The molecule has 94 valence electrons. The van der Waals surface area contributed by atoms with Gasteiger partial charge in [-0.3, -0.25) is 16.5 Å². The van der Waals surface area contributed by atoms with Crippen LogP contribution in [0.2, 0.25) is 0 Å². The maximum absolute atomic E-state index is 10.3. The molecule has 1 atom stereocenters. The number of nitrogens with one attached hydrogen (secondary N) is 1. The Kier molecular flexibility index (Phi) is 8.18. The van der Waals surface area contributed by atoms with Gasteiger partial charge in [0.25, 0.3) is 0 Å². The van der Waals surface area contributed by atoms with E-state index >= 15 is 0 Å². The van der Waals surface area contributed by atoms with Crippen LogP contribution in [0.5, 0.6) is 0 Å². The van der Waals surface area contributed by atoms with Crippen molar-refractivity contribution in [1.29, 1.82) is 0 Å². The summed E-state index contributed by atoms with van der Waals surface area (Å²) >= 11 is 0. The van der Waals surface area contributed by atoms with Crippen molar-refractivity contribution in [2.75, 3.05) is 19.6 Å². The quantitative estimate of drug-likeness (QED) is 0.153. The van der Waals surface area contributed by atoms with Crippen molar-refractivity contribution in [2.24, 2.45) is 11.5 Å². The molecule has 7 heteroatoms. The van der Waals surface area contributed by atoms with E-state index in [9.17, 15) is 9.90 Å². The summed E-state index contributed by atoms with van der Waals surface area (Å²) in [4.78, 5) is 13.2. The van der Waals surface area contributed by atoms with Gasteiger partial charge in [-0.2, -0.15) is 0 Å². The van der Waals surface area contributed by atoms with Crippen LogP contribution in [0.1, 0.15) is 19.3 Å². The number of carboxylic acids is 1. The average molecular weight is 233 g/mol. The largest absolute Gasteiger partial charge is 0.544 e. The number of unbranched alkanes of at least 4 members (excludes halogenated alkanes) is 1. The third kappa shape index (κ3) is 9.22. The van der Waals surface area contributed by atoms with Gasteiger partial charge in [0, 0.05) is 0 Å². The van der Waals surface area contributed by atoms with Crippen LogP contribution in [-0.2, 0) is 4.79 Å². The Morgan fingerprint density at radius 3 is 2.62 bits per heavy atom. The molecule has 0 heterocycles. The van der Waals surface area contributed by atoms with Gasteiger partial charge in [-0.25, -0.2) is 0 Å². The number of quaternary nitrogens is 2. The Bertz CT molecular complexity index is 228. The summed E-state index contributed by atoms with van der Waals surface area (Å²) in [7, 11) is 0. The van der Waals surface area contributed by atoms with Gasteiger partial charge in [0.15, 0.2) is 0 Å². The number of rotatable bonds is 9. The third-order valence-electron chi connectivity index (χ3n) is 2.22. The molecule has 0 radical (unpaired) electrons. The zero-order valence-corrected chi connectivity index (χ0v) is 9.58. The molecule has 0 aromatic rings. The Labute approximate surface area is 95.1 Å². The number of aliphatic carboxylic acids is 1. The standard InChI is InChI=1S/C9H21N5O2/c10-7(8(15)16)3-6-13-4-1-2-5-14-9(11)12/h7,13H,1-6,10H2,(H,15,16)(H4,11,12,14)/p+2/t7-/m0/s1. The second kappa shape index (κ2) is 8.93. The smallest absolute Gasteiger partial charge is 0.338 e. The highest BCUT2D eigenvalue weighted by Crippen LogP contribution is 1.79. The number of carbonyl (C=O) groups excluding carboxylic acids is 1. The van der Waals surface area contributed by atoms with Crippen LogP contribution in [0.3, 0.4) is 0 Å². The van der Waals surface area contributed by atoms with Crippen molar-refractivity contribution in [3.63, 3.8) is 0 Å². The van der Waals surface area contributed by atoms with Crippen molar-refractivity contribution in [1.82, 2.24) is 0 Å². The lowest BCUT2D eigenvalue weighted by Gasteiger charge is -2.07. The fourth-order valence-electron chi connectivity index (χ4n) is 1.23. The van der Waals surface area contributed by atoms with Crippen LogP contribution >= 0.6 is 0 Å². The van der Waals surface area contributed by atoms with Crippen molar-refractivity contribution < 1.29 is 25.9 Å². The molecule has 0 amide bonds. The zero-order valence-electron chi connectivity index (χ0n) is 9.58. The molecule has 0 spiro atoms. The highest BCUT2D eigenvalue weighted by Gasteiger charge is 2.07. The molecule has 0 aliphatic carbocycles. The second-order valence-electron chi connectivity index (χ2n) is 3.76. The van der Waals surface area contributed by atoms with Crippen LogP contribution < -0.4 is 32.6 Å². The maximum atomic E-state index is 10.3. The third-order valence-corrected chi connectivity index (χ3v) is 2.22. The van der Waals surface area contributed by atoms with Crippen LogP contribution in [0, 0.1) is 0 Å². The van der Waals surface area contributed by atoms with Gasteiger partial charge in [-0.1, -0.05) is 0 Å². The van der Waals surface area contributed by atoms with Gasteiger partial charge >= 0.3 is 5.96 Å².